The van der Waals surface area contributed by atoms with Crippen molar-refractivity contribution >= 4 is 17.3 Å². The first kappa shape index (κ1) is 25.8. The van der Waals surface area contributed by atoms with Crippen LogP contribution in [0, 0.1) is 0 Å². The van der Waals surface area contributed by atoms with Crippen molar-refractivity contribution < 1.29 is 0 Å². The minimum atomic E-state index is -0.0978. The molecule has 0 saturated heterocycles. The van der Waals surface area contributed by atoms with Crippen molar-refractivity contribution in [1.29, 1.82) is 0 Å². The summed E-state index contributed by atoms with van der Waals surface area (Å²) in [4.78, 5) is 0. The number of halogens is 1. The highest BCUT2D eigenvalue weighted by atomic mass is 35.5. The number of nitrogens with one attached hydrogen (secondary N) is 1. The topological polar surface area (TPSA) is 12.0 Å². The predicted octanol–water partition coefficient (Wildman–Crippen LogP) is 9.62. The lowest BCUT2D eigenvalue weighted by molar-refractivity contribution is 0.303. The third kappa shape index (κ3) is 5.31. The average molecular weight is 488 g/mol. The summed E-state index contributed by atoms with van der Waals surface area (Å²) in [7, 11) is 0. The number of benzene rings is 3. The Kier molecular flexibility index (Phi) is 7.67. The molecule has 35 heavy (non-hydrogen) atoms. The Morgan fingerprint density at radius 2 is 1.46 bits per heavy atom. The van der Waals surface area contributed by atoms with Crippen LogP contribution in [-0.4, -0.2) is 11.4 Å². The molecule has 0 heterocycles. The summed E-state index contributed by atoms with van der Waals surface area (Å²) in [6, 6.07) is 26.9. The van der Waals surface area contributed by atoms with Crippen LogP contribution < -0.4 is 5.32 Å². The fraction of sp³-hybridized carbons (Fsp3) is 0.455. The molecule has 3 aromatic carbocycles. The molecule has 0 fully saturated rings. The second-order valence-corrected chi connectivity index (χ2v) is 12.2. The van der Waals surface area contributed by atoms with E-state index in [9.17, 15) is 0 Å². The fourth-order valence-electron chi connectivity index (χ4n) is 6.47. The van der Waals surface area contributed by atoms with Gasteiger partial charge in [0.25, 0.3) is 0 Å². The molecule has 0 spiro atoms. The van der Waals surface area contributed by atoms with Crippen molar-refractivity contribution in [2.45, 2.75) is 89.5 Å². The average Bonchev–Trinajstić information content (AvgIpc) is 3.13. The molecule has 0 saturated carbocycles. The van der Waals surface area contributed by atoms with Gasteiger partial charge in [0.1, 0.15) is 0 Å². The van der Waals surface area contributed by atoms with Gasteiger partial charge in [-0.25, -0.2) is 0 Å². The lowest BCUT2D eigenvalue weighted by Gasteiger charge is -2.41. The van der Waals surface area contributed by atoms with Crippen LogP contribution in [0.2, 0.25) is 0 Å². The van der Waals surface area contributed by atoms with Gasteiger partial charge in [-0.1, -0.05) is 100 Å². The molecule has 1 aliphatic rings. The number of fused-ring (bicyclic) bond motifs is 1. The van der Waals surface area contributed by atoms with Crippen LogP contribution in [0.5, 0.6) is 0 Å². The van der Waals surface area contributed by atoms with Gasteiger partial charge in [-0.05, 0) is 78.2 Å². The molecule has 1 nitrogen and oxygen atoms in total. The van der Waals surface area contributed by atoms with Crippen LogP contribution in [0.4, 0.5) is 5.69 Å². The SMILES string of the molecule is CC(C)c1cccc(C(C)C)c1NC(C)(C)CC1(CCCl)CC(c2ccccc2)c2ccccc21. The first-order chi connectivity index (χ1) is 16.7. The third-order valence-corrected chi connectivity index (χ3v) is 8.08. The molecular formula is C33H42ClN. The summed E-state index contributed by atoms with van der Waals surface area (Å²) in [5.74, 6) is 2.03. The zero-order chi connectivity index (χ0) is 25.2. The van der Waals surface area contributed by atoms with Gasteiger partial charge < -0.3 is 5.32 Å². The van der Waals surface area contributed by atoms with Crippen molar-refractivity contribution in [2.24, 2.45) is 0 Å². The smallest absolute Gasteiger partial charge is 0.0414 e. The summed E-state index contributed by atoms with van der Waals surface area (Å²) >= 11 is 6.53. The Hall–Kier alpha value is -2.25. The number of rotatable bonds is 9. The van der Waals surface area contributed by atoms with E-state index in [-0.39, 0.29) is 11.0 Å². The minimum absolute atomic E-state index is 0.0418. The van der Waals surface area contributed by atoms with E-state index in [1.807, 2.05) is 0 Å². The largest absolute Gasteiger partial charge is 0.380 e. The van der Waals surface area contributed by atoms with Crippen LogP contribution in [0.3, 0.4) is 0 Å². The van der Waals surface area contributed by atoms with E-state index < -0.39 is 0 Å². The first-order valence-electron chi connectivity index (χ1n) is 13.3. The fourth-order valence-corrected chi connectivity index (χ4v) is 6.84. The van der Waals surface area contributed by atoms with Gasteiger partial charge in [-0.3, -0.25) is 0 Å². The van der Waals surface area contributed by atoms with Gasteiger partial charge in [-0.2, -0.15) is 0 Å². The number of hydrogen-bond donors (Lipinski definition) is 1. The lowest BCUT2D eigenvalue weighted by atomic mass is 9.70. The maximum absolute atomic E-state index is 6.53. The maximum Gasteiger partial charge on any atom is 0.0414 e. The number of alkyl halides is 1. The van der Waals surface area contributed by atoms with E-state index in [1.165, 1.54) is 33.5 Å². The molecule has 2 unspecified atom stereocenters. The lowest BCUT2D eigenvalue weighted by Crippen LogP contribution is -2.41. The van der Waals surface area contributed by atoms with Crippen molar-refractivity contribution in [3.63, 3.8) is 0 Å². The zero-order valence-electron chi connectivity index (χ0n) is 22.4. The minimum Gasteiger partial charge on any atom is -0.380 e. The molecule has 4 rings (SSSR count). The molecule has 2 atom stereocenters. The van der Waals surface area contributed by atoms with Crippen LogP contribution in [0.15, 0.2) is 72.8 Å². The zero-order valence-corrected chi connectivity index (χ0v) is 23.1. The van der Waals surface area contributed by atoms with Crippen LogP contribution in [0.25, 0.3) is 0 Å². The highest BCUT2D eigenvalue weighted by Crippen LogP contribution is 2.54. The van der Waals surface area contributed by atoms with Gasteiger partial charge in [0.2, 0.25) is 0 Å². The van der Waals surface area contributed by atoms with Crippen molar-refractivity contribution in [2.75, 3.05) is 11.2 Å². The van der Waals surface area contributed by atoms with E-state index in [1.54, 1.807) is 0 Å². The number of hydrogen-bond acceptors (Lipinski definition) is 1. The molecule has 0 radical (unpaired) electrons. The summed E-state index contributed by atoms with van der Waals surface area (Å²) in [5, 5.41) is 4.07. The predicted molar refractivity (Wildman–Crippen MR) is 153 cm³/mol. The molecule has 2 heteroatoms. The maximum atomic E-state index is 6.53. The Labute approximate surface area is 218 Å². The molecule has 186 valence electrons. The third-order valence-electron chi connectivity index (χ3n) is 7.89. The van der Waals surface area contributed by atoms with Crippen molar-refractivity contribution in [3.05, 3.63) is 101 Å². The van der Waals surface area contributed by atoms with Crippen LogP contribution in [-0.2, 0) is 5.41 Å². The number of anilines is 1. The molecule has 0 bridgehead atoms. The van der Waals surface area contributed by atoms with Gasteiger partial charge >= 0.3 is 0 Å². The molecule has 1 aliphatic carbocycles. The van der Waals surface area contributed by atoms with E-state index in [0.29, 0.717) is 23.6 Å². The molecule has 1 N–H and O–H groups in total. The monoisotopic (exact) mass is 487 g/mol. The Balaban J connectivity index is 1.74. The van der Waals surface area contributed by atoms with Gasteiger partial charge in [0.15, 0.2) is 0 Å². The molecule has 0 aliphatic heterocycles. The standard InChI is InChI=1S/C33H42ClN/c1-23(2)26-16-12-17-27(24(3)4)31(26)35-32(5,6)22-33(19-20-34)21-29(25-13-8-7-9-14-25)28-15-10-11-18-30(28)33/h7-18,23-24,29,35H,19-22H2,1-6H3. The van der Waals surface area contributed by atoms with Gasteiger partial charge in [0, 0.05) is 23.0 Å². The van der Waals surface area contributed by atoms with E-state index in [4.69, 9.17) is 11.6 Å². The van der Waals surface area contributed by atoms with Gasteiger partial charge in [0.05, 0.1) is 0 Å². The number of para-hydroxylation sites is 1. The Bertz CT molecular complexity index is 1100. The highest BCUT2D eigenvalue weighted by Gasteiger charge is 2.46. The summed E-state index contributed by atoms with van der Waals surface area (Å²) < 4.78 is 0. The normalized spacial score (nSPS) is 19.9. The van der Waals surface area contributed by atoms with E-state index in [2.05, 4.69) is 120 Å². The van der Waals surface area contributed by atoms with Crippen LogP contribution in [0.1, 0.15) is 106 Å². The van der Waals surface area contributed by atoms with E-state index in [0.717, 1.165) is 19.3 Å². The second kappa shape index (κ2) is 10.4. The summed E-state index contributed by atoms with van der Waals surface area (Å²) in [6.07, 6.45) is 3.14. The summed E-state index contributed by atoms with van der Waals surface area (Å²) in [5.41, 5.74) is 8.47. The molecule has 0 amide bonds. The Morgan fingerprint density at radius 3 is 2.06 bits per heavy atom. The van der Waals surface area contributed by atoms with Crippen molar-refractivity contribution in [3.8, 4) is 0 Å². The Morgan fingerprint density at radius 1 is 0.857 bits per heavy atom. The van der Waals surface area contributed by atoms with Gasteiger partial charge in [-0.15, -0.1) is 11.6 Å². The first-order valence-corrected chi connectivity index (χ1v) is 13.8. The quantitative estimate of drug-likeness (QED) is 0.296. The highest BCUT2D eigenvalue weighted by molar-refractivity contribution is 6.17. The molecule has 3 aromatic rings. The van der Waals surface area contributed by atoms with Crippen molar-refractivity contribution in [1.82, 2.24) is 0 Å². The summed E-state index contributed by atoms with van der Waals surface area (Å²) in [6.45, 7) is 13.9. The second-order valence-electron chi connectivity index (χ2n) is 11.8. The van der Waals surface area contributed by atoms with E-state index >= 15 is 0 Å². The van der Waals surface area contributed by atoms with Crippen LogP contribution >= 0.6 is 11.6 Å². The molecular weight excluding hydrogens is 446 g/mol. The molecule has 0 aromatic heterocycles.